The highest BCUT2D eigenvalue weighted by molar-refractivity contribution is 5.96. The van der Waals surface area contributed by atoms with Gasteiger partial charge in [-0.1, -0.05) is 0 Å². The SMILES string of the molecule is C[C@@H]1CN(CC(=O)Nc2ccc(C(=O)N(C)C)cc2)C[C@@H](C)O1. The van der Waals surface area contributed by atoms with Crippen LogP contribution in [0.25, 0.3) is 0 Å². The zero-order valence-electron chi connectivity index (χ0n) is 14.2. The molecule has 1 aromatic carbocycles. The van der Waals surface area contributed by atoms with Crippen molar-refractivity contribution in [2.75, 3.05) is 39.0 Å². The molecule has 1 heterocycles. The molecule has 23 heavy (non-hydrogen) atoms. The molecule has 1 aromatic rings. The number of benzene rings is 1. The molecule has 1 N–H and O–H groups in total. The lowest BCUT2D eigenvalue weighted by Crippen LogP contribution is -2.48. The molecular weight excluding hydrogens is 294 g/mol. The van der Waals surface area contributed by atoms with Gasteiger partial charge in [0.05, 0.1) is 18.8 Å². The Labute approximate surface area is 137 Å². The number of nitrogens with one attached hydrogen (secondary N) is 1. The molecule has 1 aliphatic heterocycles. The van der Waals surface area contributed by atoms with Gasteiger partial charge in [-0.2, -0.15) is 0 Å². The number of anilines is 1. The van der Waals surface area contributed by atoms with Crippen LogP contribution in [0.3, 0.4) is 0 Å². The number of carbonyl (C=O) groups excluding carboxylic acids is 2. The molecule has 6 nitrogen and oxygen atoms in total. The minimum absolute atomic E-state index is 0.0563. The molecule has 0 saturated carbocycles. The molecule has 0 unspecified atom stereocenters. The molecule has 0 aliphatic carbocycles. The monoisotopic (exact) mass is 319 g/mol. The summed E-state index contributed by atoms with van der Waals surface area (Å²) >= 11 is 0. The van der Waals surface area contributed by atoms with Crippen molar-refractivity contribution in [3.05, 3.63) is 29.8 Å². The lowest BCUT2D eigenvalue weighted by molar-refractivity contribution is -0.121. The maximum Gasteiger partial charge on any atom is 0.253 e. The number of morpholine rings is 1. The maximum atomic E-state index is 12.2. The van der Waals surface area contributed by atoms with E-state index < -0.39 is 0 Å². The first-order chi connectivity index (χ1) is 10.8. The largest absolute Gasteiger partial charge is 0.373 e. The molecule has 0 aromatic heterocycles. The van der Waals surface area contributed by atoms with Gasteiger partial charge in [0, 0.05) is 38.4 Å². The summed E-state index contributed by atoms with van der Waals surface area (Å²) in [6.45, 7) is 5.89. The van der Waals surface area contributed by atoms with E-state index in [4.69, 9.17) is 4.74 Å². The van der Waals surface area contributed by atoms with E-state index in [-0.39, 0.29) is 24.0 Å². The van der Waals surface area contributed by atoms with Gasteiger partial charge in [-0.15, -0.1) is 0 Å². The van der Waals surface area contributed by atoms with Gasteiger partial charge in [-0.3, -0.25) is 14.5 Å². The number of nitrogens with zero attached hydrogens (tertiary/aromatic N) is 2. The van der Waals surface area contributed by atoms with Crippen LogP contribution in [-0.4, -0.2) is 67.6 Å². The van der Waals surface area contributed by atoms with Crippen LogP contribution in [0.1, 0.15) is 24.2 Å². The van der Waals surface area contributed by atoms with Gasteiger partial charge in [-0.05, 0) is 38.1 Å². The molecule has 1 saturated heterocycles. The van der Waals surface area contributed by atoms with E-state index in [0.29, 0.717) is 17.8 Å². The highest BCUT2D eigenvalue weighted by Crippen LogP contribution is 2.13. The Balaban J connectivity index is 1.89. The molecule has 1 aliphatic rings. The molecule has 2 atom stereocenters. The summed E-state index contributed by atoms with van der Waals surface area (Å²) in [5.41, 5.74) is 1.29. The number of rotatable bonds is 4. The van der Waals surface area contributed by atoms with Crippen LogP contribution in [0.5, 0.6) is 0 Å². The number of ether oxygens (including phenoxy) is 1. The fourth-order valence-electron chi connectivity index (χ4n) is 2.77. The number of hydrogen-bond acceptors (Lipinski definition) is 4. The maximum absolute atomic E-state index is 12.2. The van der Waals surface area contributed by atoms with Gasteiger partial charge in [0.2, 0.25) is 5.91 Å². The van der Waals surface area contributed by atoms with Crippen molar-refractivity contribution in [2.45, 2.75) is 26.1 Å². The Morgan fingerprint density at radius 3 is 2.26 bits per heavy atom. The van der Waals surface area contributed by atoms with E-state index >= 15 is 0 Å². The molecule has 0 bridgehead atoms. The molecule has 0 radical (unpaired) electrons. The van der Waals surface area contributed by atoms with Crippen LogP contribution in [0.2, 0.25) is 0 Å². The second kappa shape index (κ2) is 7.57. The van der Waals surface area contributed by atoms with Crippen LogP contribution in [-0.2, 0) is 9.53 Å². The van der Waals surface area contributed by atoms with Crippen molar-refractivity contribution >= 4 is 17.5 Å². The molecule has 2 amide bonds. The highest BCUT2D eigenvalue weighted by Gasteiger charge is 2.23. The topological polar surface area (TPSA) is 61.9 Å². The first-order valence-corrected chi connectivity index (χ1v) is 7.84. The predicted octanol–water partition coefficient (Wildman–Crippen LogP) is 1.44. The van der Waals surface area contributed by atoms with E-state index in [2.05, 4.69) is 10.2 Å². The van der Waals surface area contributed by atoms with Crippen LogP contribution < -0.4 is 5.32 Å². The molecule has 6 heteroatoms. The van der Waals surface area contributed by atoms with Gasteiger partial charge in [0.15, 0.2) is 0 Å². The summed E-state index contributed by atoms with van der Waals surface area (Å²) in [6.07, 6.45) is 0.283. The lowest BCUT2D eigenvalue weighted by Gasteiger charge is -2.34. The smallest absolute Gasteiger partial charge is 0.253 e. The summed E-state index contributed by atoms with van der Waals surface area (Å²) < 4.78 is 5.66. The number of hydrogen-bond donors (Lipinski definition) is 1. The zero-order valence-corrected chi connectivity index (χ0v) is 14.2. The normalized spacial score (nSPS) is 21.7. The Morgan fingerprint density at radius 2 is 1.74 bits per heavy atom. The standard InChI is InChI=1S/C17H25N3O3/c1-12-9-20(10-13(2)23-12)11-16(21)18-15-7-5-14(6-8-15)17(22)19(3)4/h5-8,12-13H,9-11H2,1-4H3,(H,18,21)/t12-,13-/m1/s1. The van der Waals surface area contributed by atoms with Crippen molar-refractivity contribution in [1.29, 1.82) is 0 Å². The number of amides is 2. The second-order valence-corrected chi connectivity index (χ2v) is 6.28. The summed E-state index contributed by atoms with van der Waals surface area (Å²) in [7, 11) is 3.42. The molecule has 1 fully saturated rings. The van der Waals surface area contributed by atoms with Crippen molar-refractivity contribution in [2.24, 2.45) is 0 Å². The third-order valence-corrected chi connectivity index (χ3v) is 3.68. The highest BCUT2D eigenvalue weighted by atomic mass is 16.5. The summed E-state index contributed by atoms with van der Waals surface area (Å²) in [6, 6.07) is 6.94. The first-order valence-electron chi connectivity index (χ1n) is 7.84. The predicted molar refractivity (Wildman–Crippen MR) is 89.5 cm³/mol. The van der Waals surface area contributed by atoms with Gasteiger partial charge < -0.3 is 15.0 Å². The minimum atomic E-state index is -0.0574. The Hall–Kier alpha value is -1.92. The molecule has 2 rings (SSSR count). The Bertz CT molecular complexity index is 547. The van der Waals surface area contributed by atoms with Gasteiger partial charge in [0.1, 0.15) is 0 Å². The van der Waals surface area contributed by atoms with Gasteiger partial charge in [-0.25, -0.2) is 0 Å². The Kier molecular flexibility index (Phi) is 5.74. The fourth-order valence-corrected chi connectivity index (χ4v) is 2.77. The van der Waals surface area contributed by atoms with Crippen molar-refractivity contribution in [3.63, 3.8) is 0 Å². The average molecular weight is 319 g/mol. The van der Waals surface area contributed by atoms with Crippen LogP contribution in [0, 0.1) is 0 Å². The summed E-state index contributed by atoms with van der Waals surface area (Å²) in [5.74, 6) is -0.114. The van der Waals surface area contributed by atoms with E-state index in [9.17, 15) is 9.59 Å². The quantitative estimate of drug-likeness (QED) is 0.912. The second-order valence-electron chi connectivity index (χ2n) is 6.28. The van der Waals surface area contributed by atoms with E-state index in [1.54, 1.807) is 38.4 Å². The van der Waals surface area contributed by atoms with E-state index in [0.717, 1.165) is 13.1 Å². The minimum Gasteiger partial charge on any atom is -0.373 e. The average Bonchev–Trinajstić information content (AvgIpc) is 2.45. The van der Waals surface area contributed by atoms with E-state index in [1.807, 2.05) is 13.8 Å². The summed E-state index contributed by atoms with van der Waals surface area (Å²) in [5, 5.41) is 2.87. The number of carbonyl (C=O) groups is 2. The molecular formula is C17H25N3O3. The van der Waals surface area contributed by atoms with Crippen LogP contribution >= 0.6 is 0 Å². The lowest BCUT2D eigenvalue weighted by atomic mass is 10.2. The van der Waals surface area contributed by atoms with Gasteiger partial charge in [0.25, 0.3) is 5.91 Å². The van der Waals surface area contributed by atoms with E-state index in [1.165, 1.54) is 4.90 Å². The third-order valence-electron chi connectivity index (χ3n) is 3.68. The molecule has 126 valence electrons. The van der Waals surface area contributed by atoms with Gasteiger partial charge >= 0.3 is 0 Å². The first kappa shape index (κ1) is 17.4. The third kappa shape index (κ3) is 5.04. The fraction of sp³-hybridized carbons (Fsp3) is 0.529. The van der Waals surface area contributed by atoms with Crippen molar-refractivity contribution in [1.82, 2.24) is 9.80 Å². The Morgan fingerprint density at radius 1 is 1.17 bits per heavy atom. The van der Waals surface area contributed by atoms with Crippen molar-refractivity contribution in [3.8, 4) is 0 Å². The van der Waals surface area contributed by atoms with Crippen LogP contribution in [0.4, 0.5) is 5.69 Å². The molecule has 0 spiro atoms. The van der Waals surface area contributed by atoms with Crippen LogP contribution in [0.15, 0.2) is 24.3 Å². The summed E-state index contributed by atoms with van der Waals surface area (Å²) in [4.78, 5) is 27.6. The van der Waals surface area contributed by atoms with Crippen molar-refractivity contribution < 1.29 is 14.3 Å². The zero-order chi connectivity index (χ0) is 17.0.